The molecule has 5 rings (SSSR count). The van der Waals surface area contributed by atoms with Crippen LogP contribution in [0.3, 0.4) is 0 Å². The van der Waals surface area contributed by atoms with Crippen LogP contribution in [0, 0.1) is 0 Å². The van der Waals surface area contributed by atoms with Crippen molar-refractivity contribution in [3.05, 3.63) is 89.6 Å². The van der Waals surface area contributed by atoms with Gasteiger partial charge in [-0.15, -0.1) is 0 Å². The lowest BCUT2D eigenvalue weighted by Crippen LogP contribution is -2.19. The Hall–Kier alpha value is -2.63. The molecule has 0 spiro atoms. The van der Waals surface area contributed by atoms with Gasteiger partial charge in [-0.3, -0.25) is 4.98 Å². The van der Waals surface area contributed by atoms with Gasteiger partial charge in [0.1, 0.15) is 0 Å². The number of fused-ring (bicyclic) bond motifs is 2. The van der Waals surface area contributed by atoms with E-state index in [9.17, 15) is 0 Å². The van der Waals surface area contributed by atoms with E-state index < -0.39 is 10.0 Å². The van der Waals surface area contributed by atoms with Gasteiger partial charge in [-0.25, -0.2) is 4.98 Å². The topological polar surface area (TPSA) is 37.8 Å². The normalized spacial score (nSPS) is 20.6. The van der Waals surface area contributed by atoms with E-state index in [4.69, 9.17) is 4.98 Å². The van der Waals surface area contributed by atoms with Gasteiger partial charge in [-0.1, -0.05) is 53.8 Å². The summed E-state index contributed by atoms with van der Waals surface area (Å²) in [5, 5.41) is 7.14. The minimum absolute atomic E-state index is 0.366. The van der Waals surface area contributed by atoms with E-state index in [2.05, 4.69) is 83.3 Å². The van der Waals surface area contributed by atoms with E-state index in [0.29, 0.717) is 6.04 Å². The molecule has 0 saturated carbocycles. The summed E-state index contributed by atoms with van der Waals surface area (Å²) in [4.78, 5) is 10.6. The highest BCUT2D eigenvalue weighted by Gasteiger charge is 2.30. The first-order chi connectivity index (χ1) is 14.7. The van der Waals surface area contributed by atoms with Crippen LogP contribution in [0.1, 0.15) is 24.5 Å². The van der Waals surface area contributed by atoms with Crippen molar-refractivity contribution < 1.29 is 0 Å². The van der Waals surface area contributed by atoms with Crippen LogP contribution < -0.4 is 5.32 Å². The monoisotopic (exact) mass is 431 g/mol. The quantitative estimate of drug-likeness (QED) is 0.345. The molecule has 30 heavy (non-hydrogen) atoms. The lowest BCUT2D eigenvalue weighted by atomic mass is 10.2. The van der Waals surface area contributed by atoms with E-state index in [1.165, 1.54) is 20.7 Å². The SMILES string of the molecule is CC(CCS1(Cc2ccccc2)C=Cc2cnccc21)Nc1nc2ccccc2s1. The maximum Gasteiger partial charge on any atom is 0.183 e. The summed E-state index contributed by atoms with van der Waals surface area (Å²) in [6, 6.07) is 21.8. The predicted molar refractivity (Wildman–Crippen MR) is 131 cm³/mol. The molecular weight excluding hydrogens is 406 g/mol. The fraction of sp³-hybridized carbons (Fsp3) is 0.200. The molecule has 152 valence electrons. The maximum atomic E-state index is 4.75. The number of pyridine rings is 1. The molecule has 5 heteroatoms. The highest BCUT2D eigenvalue weighted by molar-refractivity contribution is 8.35. The zero-order valence-electron chi connectivity index (χ0n) is 17.0. The van der Waals surface area contributed by atoms with Crippen LogP contribution >= 0.6 is 21.4 Å². The van der Waals surface area contributed by atoms with Crippen molar-refractivity contribution in [3.8, 4) is 0 Å². The lowest BCUT2D eigenvalue weighted by molar-refractivity contribution is 0.767. The minimum Gasteiger partial charge on any atom is -0.359 e. The highest BCUT2D eigenvalue weighted by atomic mass is 32.3. The first kappa shape index (κ1) is 19.3. The largest absolute Gasteiger partial charge is 0.359 e. The van der Waals surface area contributed by atoms with Crippen molar-refractivity contribution in [1.29, 1.82) is 0 Å². The van der Waals surface area contributed by atoms with Crippen LogP contribution in [-0.4, -0.2) is 21.8 Å². The first-order valence-electron chi connectivity index (χ1n) is 10.3. The molecule has 4 aromatic rings. The Balaban J connectivity index is 1.35. The molecule has 1 aliphatic rings. The van der Waals surface area contributed by atoms with E-state index in [-0.39, 0.29) is 0 Å². The third-order valence-corrected chi connectivity index (χ3v) is 10.3. The lowest BCUT2D eigenvalue weighted by Gasteiger charge is -2.36. The van der Waals surface area contributed by atoms with E-state index in [1.54, 1.807) is 11.3 Å². The molecule has 3 heterocycles. The Morgan fingerprint density at radius 3 is 2.73 bits per heavy atom. The molecule has 2 aromatic heterocycles. The molecule has 2 aromatic carbocycles. The van der Waals surface area contributed by atoms with Crippen LogP contribution in [0.4, 0.5) is 5.13 Å². The number of para-hydroxylation sites is 1. The van der Waals surface area contributed by atoms with Gasteiger partial charge < -0.3 is 5.32 Å². The molecule has 2 unspecified atom stereocenters. The van der Waals surface area contributed by atoms with Crippen LogP contribution in [0.25, 0.3) is 16.3 Å². The molecule has 3 nitrogen and oxygen atoms in total. The van der Waals surface area contributed by atoms with Gasteiger partial charge >= 0.3 is 0 Å². The minimum atomic E-state index is -1.06. The molecule has 0 bridgehead atoms. The summed E-state index contributed by atoms with van der Waals surface area (Å²) >= 11 is 1.74. The number of nitrogens with zero attached hydrogens (tertiary/aromatic N) is 2. The Morgan fingerprint density at radius 2 is 1.87 bits per heavy atom. The summed E-state index contributed by atoms with van der Waals surface area (Å²) in [7, 11) is -1.06. The zero-order chi connectivity index (χ0) is 20.4. The fourth-order valence-electron chi connectivity index (χ4n) is 4.02. The number of rotatable bonds is 7. The standard InChI is InChI=1S/C25H25N3S2/c1-19(27-25-28-22-9-5-6-10-23(22)29-25)12-15-30(18-20-7-3-2-4-8-20)16-13-21-17-26-14-11-24(21)30/h2-11,13-14,16-17,19H,12,15,18H2,1H3,(H,27,28). The Kier molecular flexibility index (Phi) is 5.32. The summed E-state index contributed by atoms with van der Waals surface area (Å²) in [6.07, 6.45) is 7.34. The van der Waals surface area contributed by atoms with E-state index in [1.807, 2.05) is 18.5 Å². The number of hydrogen-bond donors (Lipinski definition) is 1. The number of thiazole rings is 1. The molecular formula is C25H25N3S2. The van der Waals surface area contributed by atoms with Crippen molar-refractivity contribution in [2.75, 3.05) is 11.1 Å². The third kappa shape index (κ3) is 3.87. The second kappa shape index (κ2) is 8.25. The molecule has 0 amide bonds. The molecule has 0 fully saturated rings. The van der Waals surface area contributed by atoms with Crippen molar-refractivity contribution in [2.45, 2.75) is 30.0 Å². The second-order valence-electron chi connectivity index (χ2n) is 7.82. The highest BCUT2D eigenvalue weighted by Crippen LogP contribution is 2.64. The number of nitrogens with one attached hydrogen (secondary N) is 1. The Morgan fingerprint density at radius 1 is 1.03 bits per heavy atom. The van der Waals surface area contributed by atoms with Gasteiger partial charge in [0.15, 0.2) is 5.13 Å². The fourth-order valence-corrected chi connectivity index (χ4v) is 8.78. The molecule has 1 aliphatic heterocycles. The van der Waals surface area contributed by atoms with Gasteiger partial charge in [-0.05, 0) is 54.3 Å². The van der Waals surface area contributed by atoms with Gasteiger partial charge in [-0.2, -0.15) is 10.0 Å². The summed E-state index contributed by atoms with van der Waals surface area (Å²) in [6.45, 7) is 2.27. The first-order valence-corrected chi connectivity index (χ1v) is 13.1. The van der Waals surface area contributed by atoms with Gasteiger partial charge in [0.05, 0.1) is 10.2 Å². The molecule has 2 atom stereocenters. The number of benzene rings is 2. The second-order valence-corrected chi connectivity index (χ2v) is 12.1. The molecule has 0 radical (unpaired) electrons. The average molecular weight is 432 g/mol. The summed E-state index contributed by atoms with van der Waals surface area (Å²) in [5.41, 5.74) is 3.77. The zero-order valence-corrected chi connectivity index (χ0v) is 18.6. The van der Waals surface area contributed by atoms with Crippen LogP contribution in [0.2, 0.25) is 0 Å². The molecule has 1 N–H and O–H groups in total. The summed E-state index contributed by atoms with van der Waals surface area (Å²) < 4.78 is 1.23. The van der Waals surface area contributed by atoms with Gasteiger partial charge in [0.2, 0.25) is 0 Å². The van der Waals surface area contributed by atoms with Crippen molar-refractivity contribution in [1.82, 2.24) is 9.97 Å². The Bertz CT molecular complexity index is 1150. The number of anilines is 1. The van der Waals surface area contributed by atoms with Gasteiger partial charge in [0, 0.05) is 34.6 Å². The van der Waals surface area contributed by atoms with Crippen molar-refractivity contribution in [2.24, 2.45) is 0 Å². The maximum absolute atomic E-state index is 4.75. The van der Waals surface area contributed by atoms with Gasteiger partial charge in [0.25, 0.3) is 0 Å². The smallest absolute Gasteiger partial charge is 0.183 e. The molecule has 0 aliphatic carbocycles. The van der Waals surface area contributed by atoms with Crippen molar-refractivity contribution >= 4 is 42.8 Å². The van der Waals surface area contributed by atoms with Crippen LogP contribution in [-0.2, 0) is 5.75 Å². The van der Waals surface area contributed by atoms with Crippen LogP contribution in [0.5, 0.6) is 0 Å². The Labute approximate surface area is 183 Å². The summed E-state index contributed by atoms with van der Waals surface area (Å²) in [5.74, 6) is 2.25. The van der Waals surface area contributed by atoms with E-state index >= 15 is 0 Å². The number of hydrogen-bond acceptors (Lipinski definition) is 4. The molecule has 0 saturated heterocycles. The van der Waals surface area contributed by atoms with E-state index in [0.717, 1.165) is 28.6 Å². The number of aromatic nitrogens is 2. The third-order valence-electron chi connectivity index (χ3n) is 5.60. The van der Waals surface area contributed by atoms with Crippen molar-refractivity contribution in [3.63, 3.8) is 0 Å². The van der Waals surface area contributed by atoms with Crippen LogP contribution in [0.15, 0.2) is 83.4 Å². The average Bonchev–Trinajstić information content (AvgIpc) is 3.35. The predicted octanol–water partition coefficient (Wildman–Crippen LogP) is 6.93.